The third kappa shape index (κ3) is 4.09. The van der Waals surface area contributed by atoms with E-state index in [2.05, 4.69) is 9.55 Å². The van der Waals surface area contributed by atoms with E-state index in [0.29, 0.717) is 25.7 Å². The van der Waals surface area contributed by atoms with E-state index >= 15 is 0 Å². The molecule has 1 heterocycles. The third-order valence-electron chi connectivity index (χ3n) is 3.26. The van der Waals surface area contributed by atoms with Crippen molar-refractivity contribution in [1.82, 2.24) is 9.55 Å². The molecular weight excluding hydrogens is 292 g/mol. The monoisotopic (exact) mass is 312 g/mol. The van der Waals surface area contributed by atoms with Gasteiger partial charge in [0.15, 0.2) is 0 Å². The standard InChI is InChI=1S/C15H21ClN2O3/c1-19-8-9-21-7-3-6-18-14-10-12(20-2)4-5-13(14)17-15(18)11-16/h4-5,10H,3,6-9,11H2,1-2H3. The Hall–Kier alpha value is -1.30. The zero-order valence-corrected chi connectivity index (χ0v) is 13.2. The first-order chi connectivity index (χ1) is 10.3. The molecule has 0 spiro atoms. The Kier molecular flexibility index (Phi) is 6.29. The van der Waals surface area contributed by atoms with Crippen LogP contribution in [0.2, 0.25) is 0 Å². The Morgan fingerprint density at radius 3 is 2.76 bits per heavy atom. The number of aromatic nitrogens is 2. The minimum Gasteiger partial charge on any atom is -0.497 e. The lowest BCUT2D eigenvalue weighted by Gasteiger charge is -2.09. The number of fused-ring (bicyclic) bond motifs is 1. The predicted molar refractivity (Wildman–Crippen MR) is 83.2 cm³/mol. The SMILES string of the molecule is COCCOCCCn1c(CCl)nc2ccc(OC)cc21. The fourth-order valence-electron chi connectivity index (χ4n) is 2.20. The molecule has 0 atom stereocenters. The molecule has 0 radical (unpaired) electrons. The molecule has 5 nitrogen and oxygen atoms in total. The first kappa shape index (κ1) is 16.1. The molecule has 0 aliphatic heterocycles. The number of nitrogens with zero attached hydrogens (tertiary/aromatic N) is 2. The van der Waals surface area contributed by atoms with Crippen molar-refractivity contribution < 1.29 is 14.2 Å². The highest BCUT2D eigenvalue weighted by atomic mass is 35.5. The number of hydrogen-bond donors (Lipinski definition) is 0. The molecule has 0 N–H and O–H groups in total. The lowest BCUT2D eigenvalue weighted by Crippen LogP contribution is -2.08. The van der Waals surface area contributed by atoms with Crippen LogP contribution in [0.5, 0.6) is 5.75 Å². The summed E-state index contributed by atoms with van der Waals surface area (Å²) in [4.78, 5) is 4.55. The van der Waals surface area contributed by atoms with Gasteiger partial charge in [-0.1, -0.05) is 0 Å². The number of methoxy groups -OCH3 is 2. The van der Waals surface area contributed by atoms with Crippen molar-refractivity contribution in [2.24, 2.45) is 0 Å². The summed E-state index contributed by atoms with van der Waals surface area (Å²) in [7, 11) is 3.33. The van der Waals surface area contributed by atoms with Gasteiger partial charge in [0, 0.05) is 26.3 Å². The molecule has 21 heavy (non-hydrogen) atoms. The number of aryl methyl sites for hydroxylation is 1. The Bertz CT molecular complexity index is 571. The maximum Gasteiger partial charge on any atom is 0.124 e. The maximum atomic E-state index is 6.00. The van der Waals surface area contributed by atoms with Crippen LogP contribution in [0, 0.1) is 0 Å². The van der Waals surface area contributed by atoms with E-state index in [-0.39, 0.29) is 0 Å². The molecule has 0 bridgehead atoms. The number of hydrogen-bond acceptors (Lipinski definition) is 4. The second kappa shape index (κ2) is 8.22. The first-order valence-corrected chi connectivity index (χ1v) is 7.49. The third-order valence-corrected chi connectivity index (χ3v) is 3.50. The van der Waals surface area contributed by atoms with E-state index in [4.69, 9.17) is 25.8 Å². The first-order valence-electron chi connectivity index (χ1n) is 6.96. The zero-order valence-electron chi connectivity index (χ0n) is 12.5. The summed E-state index contributed by atoms with van der Waals surface area (Å²) in [6.07, 6.45) is 0.899. The van der Waals surface area contributed by atoms with Crippen molar-refractivity contribution in [3.63, 3.8) is 0 Å². The van der Waals surface area contributed by atoms with Crippen molar-refractivity contribution in [3.05, 3.63) is 24.0 Å². The molecule has 0 aliphatic carbocycles. The Morgan fingerprint density at radius 1 is 1.19 bits per heavy atom. The fraction of sp³-hybridized carbons (Fsp3) is 0.533. The molecule has 0 saturated heterocycles. The number of ether oxygens (including phenoxy) is 3. The van der Waals surface area contributed by atoms with Gasteiger partial charge in [-0.3, -0.25) is 0 Å². The van der Waals surface area contributed by atoms with Gasteiger partial charge in [0.2, 0.25) is 0 Å². The zero-order chi connectivity index (χ0) is 15.1. The molecule has 0 fully saturated rings. The van der Waals surface area contributed by atoms with Crippen molar-refractivity contribution >= 4 is 22.6 Å². The van der Waals surface area contributed by atoms with E-state index in [1.54, 1.807) is 14.2 Å². The topological polar surface area (TPSA) is 45.5 Å². The van der Waals surface area contributed by atoms with Gasteiger partial charge in [-0.25, -0.2) is 4.98 Å². The van der Waals surface area contributed by atoms with Crippen LogP contribution in [0.4, 0.5) is 0 Å². The highest BCUT2D eigenvalue weighted by Gasteiger charge is 2.10. The van der Waals surface area contributed by atoms with Gasteiger partial charge in [0.1, 0.15) is 11.6 Å². The number of benzene rings is 1. The minimum atomic E-state index is 0.390. The predicted octanol–water partition coefficient (Wildman–Crippen LogP) is 2.84. The largest absolute Gasteiger partial charge is 0.497 e. The van der Waals surface area contributed by atoms with Crippen LogP contribution >= 0.6 is 11.6 Å². The van der Waals surface area contributed by atoms with Crippen LogP contribution in [-0.2, 0) is 21.9 Å². The van der Waals surface area contributed by atoms with Gasteiger partial charge in [-0.15, -0.1) is 11.6 Å². The Labute approximate surface area is 129 Å². The minimum absolute atomic E-state index is 0.390. The van der Waals surface area contributed by atoms with Gasteiger partial charge in [0.25, 0.3) is 0 Å². The molecular formula is C15H21ClN2O3. The van der Waals surface area contributed by atoms with E-state index in [1.807, 2.05) is 18.2 Å². The number of imidazole rings is 1. The van der Waals surface area contributed by atoms with E-state index in [1.165, 1.54) is 0 Å². The van der Waals surface area contributed by atoms with Crippen LogP contribution in [0.25, 0.3) is 11.0 Å². The summed E-state index contributed by atoms with van der Waals surface area (Å²) in [6, 6.07) is 5.85. The molecule has 0 saturated carbocycles. The summed E-state index contributed by atoms with van der Waals surface area (Å²) >= 11 is 6.00. The van der Waals surface area contributed by atoms with Crippen LogP contribution < -0.4 is 4.74 Å². The Morgan fingerprint density at radius 2 is 2.05 bits per heavy atom. The summed E-state index contributed by atoms with van der Waals surface area (Å²) in [5.41, 5.74) is 1.98. The second-order valence-electron chi connectivity index (χ2n) is 4.63. The molecule has 0 unspecified atom stereocenters. The van der Waals surface area contributed by atoms with E-state index < -0.39 is 0 Å². The van der Waals surface area contributed by atoms with Crippen molar-refractivity contribution in [2.75, 3.05) is 34.0 Å². The van der Waals surface area contributed by atoms with Gasteiger partial charge >= 0.3 is 0 Å². The summed E-state index contributed by atoms with van der Waals surface area (Å²) in [5, 5.41) is 0. The average Bonchev–Trinajstić information content (AvgIpc) is 2.87. The molecule has 116 valence electrons. The van der Waals surface area contributed by atoms with E-state index in [0.717, 1.165) is 35.6 Å². The van der Waals surface area contributed by atoms with Gasteiger partial charge < -0.3 is 18.8 Å². The quantitative estimate of drug-likeness (QED) is 0.527. The molecule has 2 rings (SSSR count). The molecule has 1 aromatic carbocycles. The van der Waals surface area contributed by atoms with Crippen LogP contribution in [-0.4, -0.2) is 43.6 Å². The van der Waals surface area contributed by atoms with Crippen molar-refractivity contribution in [1.29, 1.82) is 0 Å². The summed E-state index contributed by atoms with van der Waals surface area (Å²) in [5.74, 6) is 2.08. The number of rotatable bonds is 9. The molecule has 0 amide bonds. The Balaban J connectivity index is 2.05. The smallest absolute Gasteiger partial charge is 0.124 e. The van der Waals surface area contributed by atoms with Crippen molar-refractivity contribution in [3.8, 4) is 5.75 Å². The molecule has 1 aromatic heterocycles. The number of alkyl halides is 1. The van der Waals surface area contributed by atoms with Crippen LogP contribution in [0.15, 0.2) is 18.2 Å². The maximum absolute atomic E-state index is 6.00. The van der Waals surface area contributed by atoms with Crippen molar-refractivity contribution in [2.45, 2.75) is 18.8 Å². The normalized spacial score (nSPS) is 11.2. The van der Waals surface area contributed by atoms with Gasteiger partial charge in [-0.2, -0.15) is 0 Å². The number of halogens is 1. The summed E-state index contributed by atoms with van der Waals surface area (Å²) in [6.45, 7) is 2.75. The molecule has 6 heteroatoms. The average molecular weight is 313 g/mol. The lowest BCUT2D eigenvalue weighted by molar-refractivity contribution is 0.0681. The van der Waals surface area contributed by atoms with Crippen LogP contribution in [0.1, 0.15) is 12.2 Å². The van der Waals surface area contributed by atoms with E-state index in [9.17, 15) is 0 Å². The highest BCUT2D eigenvalue weighted by molar-refractivity contribution is 6.16. The molecule has 0 aliphatic rings. The fourth-order valence-corrected chi connectivity index (χ4v) is 2.40. The second-order valence-corrected chi connectivity index (χ2v) is 4.89. The molecule has 2 aromatic rings. The van der Waals surface area contributed by atoms with Gasteiger partial charge in [-0.05, 0) is 18.6 Å². The highest BCUT2D eigenvalue weighted by Crippen LogP contribution is 2.23. The lowest BCUT2D eigenvalue weighted by atomic mass is 10.3. The van der Waals surface area contributed by atoms with Gasteiger partial charge in [0.05, 0.1) is 37.2 Å². The summed E-state index contributed by atoms with van der Waals surface area (Å²) < 4.78 is 17.8. The van der Waals surface area contributed by atoms with Crippen LogP contribution in [0.3, 0.4) is 0 Å².